The standard InChI is InChI=1S/C15H18N6/c1-11-4-3-5-12(2)14(11)10-20-21-15(16)19-9-13-8-17-6-7-18-13/h3-8,10H,9H2,1-2H3,(H3,16,19,21)/b20-10+. The Hall–Kier alpha value is -2.76. The monoisotopic (exact) mass is 282 g/mol. The maximum atomic E-state index is 7.73. The number of nitrogens with zero attached hydrogens (tertiary/aromatic N) is 3. The van der Waals surface area contributed by atoms with Gasteiger partial charge in [-0.25, -0.2) is 5.43 Å². The first-order valence-electron chi connectivity index (χ1n) is 6.59. The van der Waals surface area contributed by atoms with E-state index in [2.05, 4.69) is 25.8 Å². The number of aromatic nitrogens is 2. The van der Waals surface area contributed by atoms with Crippen LogP contribution in [-0.4, -0.2) is 22.1 Å². The van der Waals surface area contributed by atoms with Gasteiger partial charge in [-0.1, -0.05) is 18.2 Å². The SMILES string of the molecule is Cc1cccc(C)c1/C=N/NC(=N)NCc1cnccn1. The number of guanidine groups is 1. The number of benzene rings is 1. The quantitative estimate of drug-likeness (QED) is 0.453. The summed E-state index contributed by atoms with van der Waals surface area (Å²) in [6.45, 7) is 4.50. The first kappa shape index (κ1) is 14.6. The highest BCUT2D eigenvalue weighted by Gasteiger charge is 1.99. The highest BCUT2D eigenvalue weighted by atomic mass is 15.4. The summed E-state index contributed by atoms with van der Waals surface area (Å²) in [7, 11) is 0. The molecule has 6 heteroatoms. The molecule has 0 unspecified atom stereocenters. The van der Waals surface area contributed by atoms with Crippen LogP contribution in [0.2, 0.25) is 0 Å². The molecule has 0 saturated carbocycles. The maximum absolute atomic E-state index is 7.73. The van der Waals surface area contributed by atoms with Crippen molar-refractivity contribution >= 4 is 12.2 Å². The summed E-state index contributed by atoms with van der Waals surface area (Å²) < 4.78 is 0. The zero-order chi connectivity index (χ0) is 15.1. The van der Waals surface area contributed by atoms with Crippen LogP contribution in [0.1, 0.15) is 22.4 Å². The van der Waals surface area contributed by atoms with Gasteiger partial charge in [-0.15, -0.1) is 0 Å². The van der Waals surface area contributed by atoms with Crippen molar-refractivity contribution in [3.8, 4) is 0 Å². The van der Waals surface area contributed by atoms with Gasteiger partial charge in [0.2, 0.25) is 5.96 Å². The van der Waals surface area contributed by atoms with Crippen LogP contribution < -0.4 is 10.7 Å². The molecule has 0 bridgehead atoms. The summed E-state index contributed by atoms with van der Waals surface area (Å²) in [5, 5.41) is 14.7. The van der Waals surface area contributed by atoms with Gasteiger partial charge in [0, 0.05) is 18.0 Å². The zero-order valence-corrected chi connectivity index (χ0v) is 12.1. The molecule has 1 aromatic carbocycles. The van der Waals surface area contributed by atoms with Crippen LogP contribution in [0.3, 0.4) is 0 Å². The van der Waals surface area contributed by atoms with Gasteiger partial charge >= 0.3 is 0 Å². The number of aryl methyl sites for hydroxylation is 2. The van der Waals surface area contributed by atoms with Gasteiger partial charge < -0.3 is 5.32 Å². The fourth-order valence-corrected chi connectivity index (χ4v) is 1.83. The van der Waals surface area contributed by atoms with Crippen molar-refractivity contribution < 1.29 is 0 Å². The Morgan fingerprint density at radius 3 is 2.71 bits per heavy atom. The molecule has 0 fully saturated rings. The van der Waals surface area contributed by atoms with E-state index in [0.29, 0.717) is 6.54 Å². The summed E-state index contributed by atoms with van der Waals surface area (Å²) >= 11 is 0. The number of hydrogen-bond acceptors (Lipinski definition) is 4. The third-order valence-electron chi connectivity index (χ3n) is 2.98. The Morgan fingerprint density at radius 2 is 2.05 bits per heavy atom. The molecule has 0 spiro atoms. The van der Waals surface area contributed by atoms with Gasteiger partial charge in [-0.3, -0.25) is 15.4 Å². The average molecular weight is 282 g/mol. The van der Waals surface area contributed by atoms with E-state index in [9.17, 15) is 0 Å². The molecule has 3 N–H and O–H groups in total. The lowest BCUT2D eigenvalue weighted by atomic mass is 10.0. The van der Waals surface area contributed by atoms with Gasteiger partial charge in [-0.2, -0.15) is 5.10 Å². The summed E-state index contributed by atoms with van der Waals surface area (Å²) in [4.78, 5) is 8.07. The number of hydrogen-bond donors (Lipinski definition) is 3. The summed E-state index contributed by atoms with van der Waals surface area (Å²) in [5.41, 5.74) is 6.78. The minimum absolute atomic E-state index is 0.114. The second-order valence-electron chi connectivity index (χ2n) is 4.60. The van der Waals surface area contributed by atoms with E-state index in [0.717, 1.165) is 22.4 Å². The maximum Gasteiger partial charge on any atom is 0.209 e. The molecule has 0 aliphatic rings. The van der Waals surface area contributed by atoms with E-state index in [4.69, 9.17) is 5.41 Å². The minimum atomic E-state index is 0.114. The van der Waals surface area contributed by atoms with Gasteiger partial charge in [0.25, 0.3) is 0 Å². The Morgan fingerprint density at radius 1 is 1.29 bits per heavy atom. The Bertz CT molecular complexity index is 616. The van der Waals surface area contributed by atoms with E-state index in [1.54, 1.807) is 24.8 Å². The fourth-order valence-electron chi connectivity index (χ4n) is 1.83. The fraction of sp³-hybridized carbons (Fsp3) is 0.200. The molecule has 0 amide bonds. The van der Waals surface area contributed by atoms with Crippen LogP contribution in [0.25, 0.3) is 0 Å². The molecule has 2 aromatic rings. The Kier molecular flexibility index (Phi) is 4.98. The van der Waals surface area contributed by atoms with E-state index in [-0.39, 0.29) is 5.96 Å². The van der Waals surface area contributed by atoms with Crippen molar-refractivity contribution in [2.45, 2.75) is 20.4 Å². The molecule has 2 rings (SSSR count). The van der Waals surface area contributed by atoms with E-state index in [1.807, 2.05) is 32.0 Å². The van der Waals surface area contributed by atoms with Crippen LogP contribution >= 0.6 is 0 Å². The molecule has 0 aliphatic heterocycles. The number of rotatable bonds is 4. The molecular formula is C15H18N6. The molecule has 0 radical (unpaired) electrons. The molecule has 6 nitrogen and oxygen atoms in total. The second kappa shape index (κ2) is 7.14. The lowest BCUT2D eigenvalue weighted by Crippen LogP contribution is -2.32. The average Bonchev–Trinajstić information content (AvgIpc) is 2.49. The topological polar surface area (TPSA) is 86.0 Å². The molecule has 21 heavy (non-hydrogen) atoms. The molecule has 0 aliphatic carbocycles. The number of nitrogens with one attached hydrogen (secondary N) is 3. The van der Waals surface area contributed by atoms with Crippen molar-refractivity contribution in [1.29, 1.82) is 5.41 Å². The summed E-state index contributed by atoms with van der Waals surface area (Å²) in [6, 6.07) is 6.08. The third kappa shape index (κ3) is 4.38. The summed E-state index contributed by atoms with van der Waals surface area (Å²) in [5.74, 6) is 0.114. The van der Waals surface area contributed by atoms with Crippen molar-refractivity contribution in [3.63, 3.8) is 0 Å². The molecule has 1 heterocycles. The largest absolute Gasteiger partial charge is 0.349 e. The lowest BCUT2D eigenvalue weighted by molar-refractivity contribution is 0.809. The predicted octanol–water partition coefficient (Wildman–Crippen LogP) is 1.74. The van der Waals surface area contributed by atoms with Crippen LogP contribution in [-0.2, 0) is 6.54 Å². The van der Waals surface area contributed by atoms with Crippen LogP contribution in [0, 0.1) is 19.3 Å². The normalized spacial score (nSPS) is 10.6. The highest BCUT2D eigenvalue weighted by molar-refractivity contribution is 5.85. The van der Waals surface area contributed by atoms with Crippen LogP contribution in [0.4, 0.5) is 0 Å². The van der Waals surface area contributed by atoms with Crippen molar-refractivity contribution in [2.75, 3.05) is 0 Å². The number of hydrazone groups is 1. The van der Waals surface area contributed by atoms with Crippen LogP contribution in [0.5, 0.6) is 0 Å². The van der Waals surface area contributed by atoms with Crippen molar-refractivity contribution in [1.82, 2.24) is 20.7 Å². The third-order valence-corrected chi connectivity index (χ3v) is 2.98. The van der Waals surface area contributed by atoms with Gasteiger partial charge in [0.05, 0.1) is 24.7 Å². The predicted molar refractivity (Wildman–Crippen MR) is 83.2 cm³/mol. The Balaban J connectivity index is 1.85. The molecule has 0 saturated heterocycles. The van der Waals surface area contributed by atoms with E-state index in [1.165, 1.54) is 0 Å². The van der Waals surface area contributed by atoms with Gasteiger partial charge in [0.15, 0.2) is 0 Å². The van der Waals surface area contributed by atoms with Gasteiger partial charge in [-0.05, 0) is 25.0 Å². The molecule has 1 aromatic heterocycles. The molecular weight excluding hydrogens is 264 g/mol. The highest BCUT2D eigenvalue weighted by Crippen LogP contribution is 2.09. The minimum Gasteiger partial charge on any atom is -0.349 e. The second-order valence-corrected chi connectivity index (χ2v) is 4.60. The van der Waals surface area contributed by atoms with E-state index < -0.39 is 0 Å². The van der Waals surface area contributed by atoms with Crippen molar-refractivity contribution in [2.24, 2.45) is 5.10 Å². The molecule has 0 atom stereocenters. The summed E-state index contributed by atoms with van der Waals surface area (Å²) in [6.07, 6.45) is 6.61. The lowest BCUT2D eigenvalue weighted by Gasteiger charge is -2.07. The zero-order valence-electron chi connectivity index (χ0n) is 12.1. The Labute approximate surface area is 123 Å². The molecule has 108 valence electrons. The smallest absolute Gasteiger partial charge is 0.209 e. The van der Waals surface area contributed by atoms with Crippen LogP contribution in [0.15, 0.2) is 41.9 Å². The van der Waals surface area contributed by atoms with Gasteiger partial charge in [0.1, 0.15) is 0 Å². The first-order valence-corrected chi connectivity index (χ1v) is 6.59. The van der Waals surface area contributed by atoms with E-state index >= 15 is 0 Å². The van der Waals surface area contributed by atoms with Crippen molar-refractivity contribution in [3.05, 3.63) is 59.2 Å². The first-order chi connectivity index (χ1) is 10.2.